The number of amides is 1. The van der Waals surface area contributed by atoms with Crippen molar-refractivity contribution in [3.63, 3.8) is 0 Å². The van der Waals surface area contributed by atoms with Gasteiger partial charge in [0, 0.05) is 24.0 Å². The van der Waals surface area contributed by atoms with Crippen molar-refractivity contribution >= 4 is 22.5 Å². The predicted molar refractivity (Wildman–Crippen MR) is 100 cm³/mol. The molecule has 1 fully saturated rings. The fourth-order valence-electron chi connectivity index (χ4n) is 3.54. The lowest BCUT2D eigenvalue weighted by Crippen LogP contribution is -2.32. The molecule has 0 saturated heterocycles. The number of fused-ring (bicyclic) bond motifs is 1. The van der Waals surface area contributed by atoms with Gasteiger partial charge >= 0.3 is 6.18 Å². The molecular formula is C21H19F3N2O2. The van der Waals surface area contributed by atoms with E-state index in [-0.39, 0.29) is 17.9 Å². The van der Waals surface area contributed by atoms with Gasteiger partial charge in [-0.3, -0.25) is 4.79 Å². The second-order valence-corrected chi connectivity index (χ2v) is 7.12. The molecule has 1 saturated carbocycles. The molecule has 0 atom stereocenters. The topological polar surface area (TPSA) is 54.1 Å². The number of halogens is 3. The van der Waals surface area contributed by atoms with E-state index >= 15 is 0 Å². The molecule has 1 amide bonds. The molecule has 146 valence electrons. The van der Waals surface area contributed by atoms with Crippen LogP contribution in [0.2, 0.25) is 0 Å². The summed E-state index contributed by atoms with van der Waals surface area (Å²) in [6.45, 7) is 1.45. The number of hydrogen-bond donors (Lipinski definition) is 2. The Bertz CT molecular complexity index is 1000. The number of H-pyrrole nitrogens is 1. The number of aromatic amines is 1. The summed E-state index contributed by atoms with van der Waals surface area (Å²) < 4.78 is 44.0. The van der Waals surface area contributed by atoms with E-state index in [1.165, 1.54) is 6.92 Å². The van der Waals surface area contributed by atoms with Crippen LogP contribution < -0.4 is 10.1 Å². The number of aromatic nitrogens is 1. The summed E-state index contributed by atoms with van der Waals surface area (Å²) in [7, 11) is 0. The van der Waals surface area contributed by atoms with Crippen molar-refractivity contribution in [2.24, 2.45) is 0 Å². The van der Waals surface area contributed by atoms with Crippen molar-refractivity contribution in [1.29, 1.82) is 0 Å². The molecule has 0 spiro atoms. The van der Waals surface area contributed by atoms with E-state index in [0.29, 0.717) is 11.4 Å². The minimum atomic E-state index is -4.31. The van der Waals surface area contributed by atoms with Crippen molar-refractivity contribution in [3.05, 3.63) is 59.8 Å². The van der Waals surface area contributed by atoms with Crippen molar-refractivity contribution in [2.45, 2.75) is 38.0 Å². The van der Waals surface area contributed by atoms with E-state index in [2.05, 4.69) is 10.3 Å². The Morgan fingerprint density at radius 2 is 1.86 bits per heavy atom. The molecule has 1 aliphatic carbocycles. The van der Waals surface area contributed by atoms with Gasteiger partial charge in [0.2, 0.25) is 5.91 Å². The molecule has 0 radical (unpaired) electrons. The number of rotatable bonds is 4. The average Bonchev–Trinajstić information content (AvgIpc) is 2.99. The van der Waals surface area contributed by atoms with Crippen LogP contribution in [0.15, 0.2) is 48.7 Å². The van der Waals surface area contributed by atoms with E-state index in [1.54, 1.807) is 18.3 Å². The molecule has 2 aromatic carbocycles. The second-order valence-electron chi connectivity index (χ2n) is 7.12. The monoisotopic (exact) mass is 388 g/mol. The lowest BCUT2D eigenvalue weighted by Gasteiger charge is -2.35. The zero-order chi connectivity index (χ0) is 19.9. The quantitative estimate of drug-likeness (QED) is 0.623. The first-order chi connectivity index (χ1) is 13.3. The highest BCUT2D eigenvalue weighted by Crippen LogP contribution is 2.40. The van der Waals surface area contributed by atoms with Crippen LogP contribution in [0.4, 0.5) is 18.9 Å². The van der Waals surface area contributed by atoms with E-state index in [4.69, 9.17) is 4.74 Å². The smallest absolute Gasteiger partial charge is 0.416 e. The van der Waals surface area contributed by atoms with Crippen molar-refractivity contribution in [2.75, 3.05) is 5.32 Å². The Morgan fingerprint density at radius 3 is 2.50 bits per heavy atom. The fraction of sp³-hybridized carbons (Fsp3) is 0.286. The molecule has 4 nitrogen and oxygen atoms in total. The Morgan fingerprint density at radius 1 is 1.14 bits per heavy atom. The maximum atomic E-state index is 12.7. The van der Waals surface area contributed by atoms with Crippen LogP contribution in [0.5, 0.6) is 5.75 Å². The third kappa shape index (κ3) is 3.69. The van der Waals surface area contributed by atoms with Crippen LogP contribution in [0.1, 0.15) is 36.8 Å². The number of anilines is 1. The molecule has 7 heteroatoms. The van der Waals surface area contributed by atoms with Crippen LogP contribution in [-0.4, -0.2) is 17.0 Å². The molecule has 2 N–H and O–H groups in total. The van der Waals surface area contributed by atoms with E-state index in [1.807, 2.05) is 18.2 Å². The zero-order valence-electron chi connectivity index (χ0n) is 15.1. The van der Waals surface area contributed by atoms with Crippen molar-refractivity contribution in [1.82, 2.24) is 4.98 Å². The predicted octanol–water partition coefficient (Wildman–Crippen LogP) is 5.47. The number of alkyl halides is 3. The first-order valence-electron chi connectivity index (χ1n) is 9.02. The van der Waals surface area contributed by atoms with Gasteiger partial charge in [0.1, 0.15) is 5.75 Å². The first kappa shape index (κ1) is 18.4. The Balaban J connectivity index is 1.40. The Kier molecular flexibility index (Phi) is 4.53. The summed E-state index contributed by atoms with van der Waals surface area (Å²) in [5.41, 5.74) is 1.87. The van der Waals surface area contributed by atoms with E-state index in [0.717, 1.165) is 41.4 Å². The van der Waals surface area contributed by atoms with Gasteiger partial charge in [0.15, 0.2) is 0 Å². The molecular weight excluding hydrogens is 369 g/mol. The second kappa shape index (κ2) is 6.89. The fourth-order valence-corrected chi connectivity index (χ4v) is 3.54. The van der Waals surface area contributed by atoms with Gasteiger partial charge in [-0.2, -0.15) is 13.2 Å². The van der Waals surface area contributed by atoms with Crippen LogP contribution in [0, 0.1) is 0 Å². The third-order valence-electron chi connectivity index (χ3n) is 5.07. The summed E-state index contributed by atoms with van der Waals surface area (Å²) in [5.74, 6) is 0.762. The minimum Gasteiger partial charge on any atom is -0.490 e. The van der Waals surface area contributed by atoms with Gasteiger partial charge in [0.25, 0.3) is 0 Å². The average molecular weight is 388 g/mol. The van der Waals surface area contributed by atoms with E-state index in [9.17, 15) is 18.0 Å². The zero-order valence-corrected chi connectivity index (χ0v) is 15.1. The van der Waals surface area contributed by atoms with Gasteiger partial charge in [-0.05, 0) is 54.7 Å². The number of benzene rings is 2. The molecule has 1 aliphatic rings. The molecule has 28 heavy (non-hydrogen) atoms. The lowest BCUT2D eigenvalue weighted by molar-refractivity contribution is -0.137. The highest BCUT2D eigenvalue weighted by atomic mass is 19.4. The molecule has 1 heterocycles. The minimum absolute atomic E-state index is 0.0212. The van der Waals surface area contributed by atoms with Crippen molar-refractivity contribution < 1.29 is 22.7 Å². The number of carbonyl (C=O) groups excluding carboxylic acids is 1. The maximum Gasteiger partial charge on any atom is 0.416 e. The van der Waals surface area contributed by atoms with Crippen LogP contribution in [0.3, 0.4) is 0 Å². The summed E-state index contributed by atoms with van der Waals surface area (Å²) in [5, 5.41) is 3.64. The molecule has 0 unspecified atom stereocenters. The molecule has 4 rings (SSSR count). The van der Waals surface area contributed by atoms with Gasteiger partial charge in [-0.1, -0.05) is 12.1 Å². The highest BCUT2D eigenvalue weighted by molar-refractivity contribution is 6.01. The Labute approximate surface area is 159 Å². The SMILES string of the molecule is CC(=O)Nc1c[nH]c2ccc(O[C@H]3C[C@@H](c4ccc(C(F)(F)F)cc4)C3)cc12. The highest BCUT2D eigenvalue weighted by Gasteiger charge is 2.34. The normalized spacial score (nSPS) is 19.3. The molecule has 0 aliphatic heterocycles. The number of ether oxygens (including phenoxy) is 1. The maximum absolute atomic E-state index is 12.7. The van der Waals surface area contributed by atoms with Crippen LogP contribution in [-0.2, 0) is 11.0 Å². The van der Waals surface area contributed by atoms with Gasteiger partial charge < -0.3 is 15.0 Å². The first-order valence-corrected chi connectivity index (χ1v) is 9.02. The number of nitrogens with one attached hydrogen (secondary N) is 2. The molecule has 1 aromatic heterocycles. The van der Waals surface area contributed by atoms with Gasteiger partial charge in [-0.25, -0.2) is 0 Å². The number of carbonyl (C=O) groups is 1. The Hall–Kier alpha value is -2.96. The summed E-state index contributed by atoms with van der Waals surface area (Å²) in [6, 6.07) is 11.0. The summed E-state index contributed by atoms with van der Waals surface area (Å²) >= 11 is 0. The lowest BCUT2D eigenvalue weighted by atomic mass is 9.77. The number of hydrogen-bond acceptors (Lipinski definition) is 2. The summed E-state index contributed by atoms with van der Waals surface area (Å²) in [6.07, 6.45) is -1.03. The van der Waals surface area contributed by atoms with Gasteiger partial charge in [0.05, 0.1) is 17.4 Å². The molecule has 3 aromatic rings. The van der Waals surface area contributed by atoms with Crippen LogP contribution in [0.25, 0.3) is 10.9 Å². The van der Waals surface area contributed by atoms with Crippen LogP contribution >= 0.6 is 0 Å². The standard InChI is InChI=1S/C21H19F3N2O2/c1-12(27)26-20-11-25-19-7-6-16(10-18(19)20)28-17-8-14(9-17)13-2-4-15(5-3-13)21(22,23)24/h2-7,10-11,14,17,25H,8-9H2,1H3,(H,26,27)/t14-,17+. The van der Waals surface area contributed by atoms with Crippen molar-refractivity contribution in [3.8, 4) is 5.75 Å². The largest absolute Gasteiger partial charge is 0.490 e. The van der Waals surface area contributed by atoms with Gasteiger partial charge in [-0.15, -0.1) is 0 Å². The van der Waals surface area contributed by atoms with E-state index < -0.39 is 11.7 Å². The summed E-state index contributed by atoms with van der Waals surface area (Å²) in [4.78, 5) is 14.4. The molecule has 0 bridgehead atoms. The third-order valence-corrected chi connectivity index (χ3v) is 5.07.